The van der Waals surface area contributed by atoms with Crippen LogP contribution in [0.2, 0.25) is 0 Å². The molecule has 0 unspecified atom stereocenters. The number of aromatic amines is 1. The van der Waals surface area contributed by atoms with E-state index in [9.17, 15) is 4.79 Å². The van der Waals surface area contributed by atoms with Gasteiger partial charge in [-0.05, 0) is 26.1 Å². The van der Waals surface area contributed by atoms with Crippen molar-refractivity contribution in [1.82, 2.24) is 9.55 Å². The van der Waals surface area contributed by atoms with Crippen molar-refractivity contribution in [1.29, 1.82) is 0 Å². The van der Waals surface area contributed by atoms with E-state index in [4.69, 9.17) is 17.0 Å². The fourth-order valence-corrected chi connectivity index (χ4v) is 1.27. The molecule has 0 fully saturated rings. The van der Waals surface area contributed by atoms with E-state index < -0.39 is 0 Å². The molecule has 0 aliphatic carbocycles. The van der Waals surface area contributed by atoms with Crippen molar-refractivity contribution >= 4 is 12.2 Å². The monoisotopic (exact) mass is 214 g/mol. The van der Waals surface area contributed by atoms with Crippen molar-refractivity contribution in [3.63, 3.8) is 0 Å². The molecule has 0 atom stereocenters. The summed E-state index contributed by atoms with van der Waals surface area (Å²) in [4.78, 5) is 13.5. The molecule has 14 heavy (non-hydrogen) atoms. The SMILES string of the molecule is COC(C)(C)Cn1ccc(=O)[nH]c1=S. The van der Waals surface area contributed by atoms with Gasteiger partial charge in [0.15, 0.2) is 4.77 Å². The number of aromatic nitrogens is 2. The van der Waals surface area contributed by atoms with E-state index in [1.54, 1.807) is 17.9 Å². The summed E-state index contributed by atoms with van der Waals surface area (Å²) in [6, 6.07) is 1.45. The third-order valence-corrected chi connectivity index (χ3v) is 2.34. The molecule has 0 aliphatic rings. The minimum Gasteiger partial charge on any atom is -0.377 e. The molecule has 1 heterocycles. The van der Waals surface area contributed by atoms with Crippen LogP contribution < -0.4 is 5.56 Å². The molecule has 5 heteroatoms. The highest BCUT2D eigenvalue weighted by atomic mass is 32.1. The molecular formula is C9H14N2O2S. The molecule has 0 radical (unpaired) electrons. The molecule has 1 aromatic heterocycles. The van der Waals surface area contributed by atoms with Gasteiger partial charge >= 0.3 is 0 Å². The lowest BCUT2D eigenvalue weighted by atomic mass is 10.1. The maximum Gasteiger partial charge on any atom is 0.251 e. The van der Waals surface area contributed by atoms with Gasteiger partial charge in [-0.2, -0.15) is 0 Å². The minimum absolute atomic E-state index is 0.179. The van der Waals surface area contributed by atoms with Gasteiger partial charge in [-0.15, -0.1) is 0 Å². The second-order valence-electron chi connectivity index (χ2n) is 3.70. The van der Waals surface area contributed by atoms with Crippen LogP contribution in [0, 0.1) is 4.77 Å². The maximum atomic E-state index is 10.9. The molecular weight excluding hydrogens is 200 g/mol. The average molecular weight is 214 g/mol. The highest BCUT2D eigenvalue weighted by Crippen LogP contribution is 2.10. The van der Waals surface area contributed by atoms with Crippen LogP contribution in [0.3, 0.4) is 0 Å². The van der Waals surface area contributed by atoms with Crippen molar-refractivity contribution in [3.05, 3.63) is 27.4 Å². The number of ether oxygens (including phenoxy) is 1. The standard InChI is InChI=1S/C9H14N2O2S/c1-9(2,13-3)6-11-5-4-7(12)10-8(11)14/h4-5H,6H2,1-3H3,(H,10,12,14). The van der Waals surface area contributed by atoms with Crippen LogP contribution in [0.4, 0.5) is 0 Å². The molecule has 0 saturated carbocycles. The average Bonchev–Trinajstić information content (AvgIpc) is 2.10. The van der Waals surface area contributed by atoms with E-state index in [0.717, 1.165) is 0 Å². The van der Waals surface area contributed by atoms with Gasteiger partial charge in [0.05, 0.1) is 12.1 Å². The predicted molar refractivity (Wildman–Crippen MR) is 57.0 cm³/mol. The fraction of sp³-hybridized carbons (Fsp3) is 0.556. The largest absolute Gasteiger partial charge is 0.377 e. The fourth-order valence-electron chi connectivity index (χ4n) is 1.04. The second-order valence-corrected chi connectivity index (χ2v) is 4.09. The lowest BCUT2D eigenvalue weighted by Crippen LogP contribution is -2.30. The molecule has 0 saturated heterocycles. The van der Waals surface area contributed by atoms with Crippen molar-refractivity contribution < 1.29 is 4.74 Å². The first kappa shape index (κ1) is 11.1. The quantitative estimate of drug-likeness (QED) is 0.772. The molecule has 0 amide bonds. The number of rotatable bonds is 3. The zero-order valence-corrected chi connectivity index (χ0v) is 9.35. The van der Waals surface area contributed by atoms with Crippen LogP contribution in [0.25, 0.3) is 0 Å². The number of hydrogen-bond acceptors (Lipinski definition) is 3. The van der Waals surface area contributed by atoms with E-state index in [0.29, 0.717) is 11.3 Å². The van der Waals surface area contributed by atoms with Crippen molar-refractivity contribution in [2.75, 3.05) is 7.11 Å². The third kappa shape index (κ3) is 2.78. The van der Waals surface area contributed by atoms with Gasteiger partial charge in [-0.1, -0.05) is 0 Å². The van der Waals surface area contributed by atoms with E-state index in [-0.39, 0.29) is 11.2 Å². The van der Waals surface area contributed by atoms with Crippen LogP contribution in [0.15, 0.2) is 17.1 Å². The summed E-state index contributed by atoms with van der Waals surface area (Å²) in [5.74, 6) is 0. The lowest BCUT2D eigenvalue weighted by Gasteiger charge is -2.23. The van der Waals surface area contributed by atoms with Crippen LogP contribution >= 0.6 is 12.2 Å². The Morgan fingerprint density at radius 3 is 2.79 bits per heavy atom. The van der Waals surface area contributed by atoms with Gasteiger partial charge in [-0.3, -0.25) is 9.78 Å². The third-order valence-electron chi connectivity index (χ3n) is 2.00. The first-order valence-electron chi connectivity index (χ1n) is 4.29. The van der Waals surface area contributed by atoms with Gasteiger partial charge in [0.2, 0.25) is 0 Å². The number of methoxy groups -OCH3 is 1. The van der Waals surface area contributed by atoms with Crippen molar-refractivity contribution in [2.24, 2.45) is 0 Å². The Morgan fingerprint density at radius 1 is 1.64 bits per heavy atom. The van der Waals surface area contributed by atoms with Crippen LogP contribution in [-0.2, 0) is 11.3 Å². The molecule has 0 bridgehead atoms. The Kier molecular flexibility index (Phi) is 3.23. The molecule has 1 aromatic rings. The number of nitrogens with one attached hydrogen (secondary N) is 1. The smallest absolute Gasteiger partial charge is 0.251 e. The molecule has 4 nitrogen and oxygen atoms in total. The molecule has 0 aliphatic heterocycles. The summed E-state index contributed by atoms with van der Waals surface area (Å²) >= 11 is 5.01. The highest BCUT2D eigenvalue weighted by Gasteiger charge is 2.16. The number of H-pyrrole nitrogens is 1. The summed E-state index contributed by atoms with van der Waals surface area (Å²) in [5.41, 5.74) is -0.474. The van der Waals surface area contributed by atoms with E-state index in [1.165, 1.54) is 6.07 Å². The molecule has 0 aromatic carbocycles. The normalized spacial score (nSPS) is 11.6. The number of hydrogen-bond donors (Lipinski definition) is 1. The van der Waals surface area contributed by atoms with E-state index in [2.05, 4.69) is 4.98 Å². The van der Waals surface area contributed by atoms with Crippen molar-refractivity contribution in [3.8, 4) is 0 Å². The zero-order chi connectivity index (χ0) is 10.8. The topological polar surface area (TPSA) is 47.0 Å². The van der Waals surface area contributed by atoms with Gasteiger partial charge < -0.3 is 9.30 Å². The van der Waals surface area contributed by atoms with Gasteiger partial charge in [0.1, 0.15) is 0 Å². The van der Waals surface area contributed by atoms with Crippen LogP contribution in [0.1, 0.15) is 13.8 Å². The van der Waals surface area contributed by atoms with Crippen molar-refractivity contribution in [2.45, 2.75) is 26.0 Å². The highest BCUT2D eigenvalue weighted by molar-refractivity contribution is 7.71. The first-order chi connectivity index (χ1) is 6.44. The molecule has 0 spiro atoms. The molecule has 78 valence electrons. The Labute approximate surface area is 87.5 Å². The predicted octanol–water partition coefficient (Wildman–Crippen LogP) is 1.33. The van der Waals surface area contributed by atoms with E-state index >= 15 is 0 Å². The minimum atomic E-state index is -0.295. The summed E-state index contributed by atoms with van der Waals surface area (Å²) in [7, 11) is 1.65. The Balaban J connectivity index is 2.99. The second kappa shape index (κ2) is 4.06. The summed E-state index contributed by atoms with van der Waals surface area (Å²) < 4.78 is 7.46. The Bertz CT molecular complexity index is 419. The van der Waals surface area contributed by atoms with Crippen LogP contribution in [0.5, 0.6) is 0 Å². The first-order valence-corrected chi connectivity index (χ1v) is 4.70. The van der Waals surface area contributed by atoms with Gasteiger partial charge in [-0.25, -0.2) is 0 Å². The lowest BCUT2D eigenvalue weighted by molar-refractivity contribution is 0.00749. The summed E-state index contributed by atoms with van der Waals surface area (Å²) in [5, 5.41) is 0. The van der Waals surface area contributed by atoms with E-state index in [1.807, 2.05) is 13.8 Å². The van der Waals surface area contributed by atoms with Crippen LogP contribution in [-0.4, -0.2) is 22.3 Å². The Hall–Kier alpha value is -0.940. The van der Waals surface area contributed by atoms with Gasteiger partial charge in [0, 0.05) is 19.4 Å². The number of nitrogens with zero attached hydrogens (tertiary/aromatic N) is 1. The Morgan fingerprint density at radius 2 is 2.29 bits per heavy atom. The molecule has 1 rings (SSSR count). The zero-order valence-electron chi connectivity index (χ0n) is 8.53. The summed E-state index contributed by atoms with van der Waals surface area (Å²) in [6.07, 6.45) is 1.67. The van der Waals surface area contributed by atoms with Gasteiger partial charge in [0.25, 0.3) is 5.56 Å². The molecule has 1 N–H and O–H groups in total. The summed E-state index contributed by atoms with van der Waals surface area (Å²) in [6.45, 7) is 4.53. The maximum absolute atomic E-state index is 10.9.